The van der Waals surface area contributed by atoms with Gasteiger partial charge in [-0.3, -0.25) is 9.89 Å². The van der Waals surface area contributed by atoms with Crippen LogP contribution in [-0.4, -0.2) is 41.2 Å². The first kappa shape index (κ1) is 17.3. The van der Waals surface area contributed by atoms with E-state index in [4.69, 9.17) is 4.74 Å². The number of hydrogen-bond acceptors (Lipinski definition) is 3. The summed E-state index contributed by atoms with van der Waals surface area (Å²) in [6.07, 6.45) is 1.56. The van der Waals surface area contributed by atoms with Crippen LogP contribution in [0.5, 0.6) is 5.75 Å². The van der Waals surface area contributed by atoms with Crippen LogP contribution in [0.4, 0.5) is 0 Å². The summed E-state index contributed by atoms with van der Waals surface area (Å²) in [6, 6.07) is 15.9. The van der Waals surface area contributed by atoms with Crippen molar-refractivity contribution in [2.45, 2.75) is 19.8 Å². The molecule has 0 radical (unpaired) electrons. The number of benzene rings is 2. The molecule has 1 amide bonds. The zero-order valence-corrected chi connectivity index (χ0v) is 15.7. The fourth-order valence-corrected chi connectivity index (χ4v) is 3.68. The standard InChI is InChI=1S/C22H23N3O2/c1-15-8-9-20(27-2)18(14-15)22(26)25-12-10-17-19(11-13-25)23-24-21(17)16-6-4-3-5-7-16/h3-9,14H,10-13H2,1-2H3,(H,23,24). The molecule has 0 fully saturated rings. The molecule has 1 aliphatic heterocycles. The number of H-pyrrole nitrogens is 1. The van der Waals surface area contributed by atoms with E-state index in [2.05, 4.69) is 22.3 Å². The van der Waals surface area contributed by atoms with Gasteiger partial charge < -0.3 is 9.64 Å². The summed E-state index contributed by atoms with van der Waals surface area (Å²) in [7, 11) is 1.60. The maximum Gasteiger partial charge on any atom is 0.257 e. The average Bonchev–Trinajstić information content (AvgIpc) is 2.99. The molecule has 0 spiro atoms. The summed E-state index contributed by atoms with van der Waals surface area (Å²) in [5, 5.41) is 7.71. The third-order valence-corrected chi connectivity index (χ3v) is 5.14. The fraction of sp³-hybridized carbons (Fsp3) is 0.273. The molecule has 0 bridgehead atoms. The normalized spacial score (nSPS) is 13.8. The summed E-state index contributed by atoms with van der Waals surface area (Å²) >= 11 is 0. The van der Waals surface area contributed by atoms with Gasteiger partial charge in [0.05, 0.1) is 18.4 Å². The number of carbonyl (C=O) groups excluding carboxylic acids is 1. The molecule has 5 heteroatoms. The number of fused-ring (bicyclic) bond motifs is 1. The largest absolute Gasteiger partial charge is 0.496 e. The highest BCUT2D eigenvalue weighted by atomic mass is 16.5. The van der Waals surface area contributed by atoms with Crippen molar-refractivity contribution in [3.8, 4) is 17.0 Å². The van der Waals surface area contributed by atoms with E-state index in [1.165, 1.54) is 5.56 Å². The molecule has 1 aliphatic rings. The Morgan fingerprint density at radius 3 is 2.67 bits per heavy atom. The number of aromatic amines is 1. The lowest BCUT2D eigenvalue weighted by molar-refractivity contribution is 0.0759. The van der Waals surface area contributed by atoms with E-state index in [9.17, 15) is 4.79 Å². The molecule has 4 rings (SSSR count). The van der Waals surface area contributed by atoms with Crippen LogP contribution in [-0.2, 0) is 12.8 Å². The van der Waals surface area contributed by atoms with Gasteiger partial charge in [0.25, 0.3) is 5.91 Å². The molecule has 1 aromatic heterocycles. The summed E-state index contributed by atoms with van der Waals surface area (Å²) in [5.41, 5.74) is 6.12. The van der Waals surface area contributed by atoms with Crippen LogP contribution >= 0.6 is 0 Å². The van der Waals surface area contributed by atoms with Crippen molar-refractivity contribution in [2.75, 3.05) is 20.2 Å². The Hall–Kier alpha value is -3.08. The Balaban J connectivity index is 1.58. The van der Waals surface area contributed by atoms with Crippen molar-refractivity contribution in [1.82, 2.24) is 15.1 Å². The zero-order chi connectivity index (χ0) is 18.8. The average molecular weight is 361 g/mol. The van der Waals surface area contributed by atoms with Crippen LogP contribution in [0.15, 0.2) is 48.5 Å². The second-order valence-electron chi connectivity index (χ2n) is 6.89. The van der Waals surface area contributed by atoms with Crippen molar-refractivity contribution in [1.29, 1.82) is 0 Å². The van der Waals surface area contributed by atoms with Gasteiger partial charge in [-0.15, -0.1) is 0 Å². The number of amides is 1. The van der Waals surface area contributed by atoms with Crippen LogP contribution in [0, 0.1) is 6.92 Å². The smallest absolute Gasteiger partial charge is 0.257 e. The lowest BCUT2D eigenvalue weighted by Gasteiger charge is -2.21. The van der Waals surface area contributed by atoms with Gasteiger partial charge in [-0.25, -0.2) is 0 Å². The minimum absolute atomic E-state index is 0.0231. The van der Waals surface area contributed by atoms with E-state index in [-0.39, 0.29) is 5.91 Å². The predicted octanol–water partition coefficient (Wildman–Crippen LogP) is 3.63. The van der Waals surface area contributed by atoms with E-state index in [0.29, 0.717) is 24.4 Å². The minimum atomic E-state index is 0.0231. The van der Waals surface area contributed by atoms with Crippen LogP contribution in [0.25, 0.3) is 11.3 Å². The fourth-order valence-electron chi connectivity index (χ4n) is 3.68. The van der Waals surface area contributed by atoms with Crippen molar-refractivity contribution < 1.29 is 9.53 Å². The van der Waals surface area contributed by atoms with Crippen LogP contribution < -0.4 is 4.74 Å². The van der Waals surface area contributed by atoms with Gasteiger partial charge in [0.1, 0.15) is 5.75 Å². The number of carbonyl (C=O) groups is 1. The molecule has 0 unspecified atom stereocenters. The minimum Gasteiger partial charge on any atom is -0.496 e. The van der Waals surface area contributed by atoms with Gasteiger partial charge >= 0.3 is 0 Å². The van der Waals surface area contributed by atoms with Crippen LogP contribution in [0.2, 0.25) is 0 Å². The highest BCUT2D eigenvalue weighted by Gasteiger charge is 2.25. The van der Waals surface area contributed by atoms with Crippen molar-refractivity contribution in [2.24, 2.45) is 0 Å². The molecule has 0 saturated heterocycles. The third-order valence-electron chi connectivity index (χ3n) is 5.14. The predicted molar refractivity (Wildman–Crippen MR) is 105 cm³/mol. The first-order valence-electron chi connectivity index (χ1n) is 9.23. The number of nitrogens with zero attached hydrogens (tertiary/aromatic N) is 2. The van der Waals surface area contributed by atoms with Crippen molar-refractivity contribution in [3.63, 3.8) is 0 Å². The Kier molecular flexibility index (Phi) is 4.67. The molecule has 2 aromatic carbocycles. The molecule has 1 N–H and O–H groups in total. The maximum absolute atomic E-state index is 13.1. The molecule has 27 heavy (non-hydrogen) atoms. The first-order valence-corrected chi connectivity index (χ1v) is 9.23. The number of nitrogens with one attached hydrogen (secondary N) is 1. The summed E-state index contributed by atoms with van der Waals surface area (Å²) in [6.45, 7) is 3.32. The number of rotatable bonds is 3. The van der Waals surface area contributed by atoms with Crippen molar-refractivity contribution >= 4 is 5.91 Å². The molecule has 3 aromatic rings. The van der Waals surface area contributed by atoms with E-state index < -0.39 is 0 Å². The second-order valence-corrected chi connectivity index (χ2v) is 6.89. The molecular weight excluding hydrogens is 338 g/mol. The number of aromatic nitrogens is 2. The van der Waals surface area contributed by atoms with Gasteiger partial charge in [-0.05, 0) is 25.5 Å². The Bertz CT molecular complexity index is 963. The SMILES string of the molecule is COc1ccc(C)cc1C(=O)N1CCc2[nH]nc(-c3ccccc3)c2CC1. The lowest BCUT2D eigenvalue weighted by Crippen LogP contribution is -2.33. The molecule has 2 heterocycles. The topological polar surface area (TPSA) is 58.2 Å². The zero-order valence-electron chi connectivity index (χ0n) is 15.7. The summed E-state index contributed by atoms with van der Waals surface area (Å²) < 4.78 is 5.40. The second kappa shape index (κ2) is 7.27. The molecule has 138 valence electrons. The van der Waals surface area contributed by atoms with Gasteiger partial charge in [0.2, 0.25) is 0 Å². The van der Waals surface area contributed by atoms with Crippen molar-refractivity contribution in [3.05, 3.63) is 70.9 Å². The molecule has 5 nitrogen and oxygen atoms in total. The summed E-state index contributed by atoms with van der Waals surface area (Å²) in [4.78, 5) is 15.0. The number of hydrogen-bond donors (Lipinski definition) is 1. The molecular formula is C22H23N3O2. The van der Waals surface area contributed by atoms with Gasteiger partial charge in [-0.2, -0.15) is 5.10 Å². The number of ether oxygens (including phenoxy) is 1. The number of methoxy groups -OCH3 is 1. The van der Waals surface area contributed by atoms with E-state index in [0.717, 1.165) is 35.4 Å². The Labute approximate surface area is 159 Å². The lowest BCUT2D eigenvalue weighted by atomic mass is 10.0. The van der Waals surface area contributed by atoms with E-state index in [1.54, 1.807) is 7.11 Å². The van der Waals surface area contributed by atoms with E-state index >= 15 is 0 Å². The summed E-state index contributed by atoms with van der Waals surface area (Å²) in [5.74, 6) is 0.648. The van der Waals surface area contributed by atoms with Crippen LogP contribution in [0.1, 0.15) is 27.2 Å². The maximum atomic E-state index is 13.1. The number of aryl methyl sites for hydroxylation is 1. The highest BCUT2D eigenvalue weighted by Crippen LogP contribution is 2.28. The molecule has 0 saturated carbocycles. The van der Waals surface area contributed by atoms with Gasteiger partial charge in [0, 0.05) is 36.3 Å². The Morgan fingerprint density at radius 1 is 1.11 bits per heavy atom. The third kappa shape index (κ3) is 3.33. The van der Waals surface area contributed by atoms with E-state index in [1.807, 2.05) is 48.2 Å². The quantitative estimate of drug-likeness (QED) is 0.775. The first-order chi connectivity index (χ1) is 13.2. The molecule has 0 aliphatic carbocycles. The Morgan fingerprint density at radius 2 is 1.89 bits per heavy atom. The van der Waals surface area contributed by atoms with Crippen LogP contribution in [0.3, 0.4) is 0 Å². The highest BCUT2D eigenvalue weighted by molar-refractivity contribution is 5.97. The monoisotopic (exact) mass is 361 g/mol. The van der Waals surface area contributed by atoms with Gasteiger partial charge in [0.15, 0.2) is 0 Å². The molecule has 0 atom stereocenters. The van der Waals surface area contributed by atoms with Gasteiger partial charge in [-0.1, -0.05) is 42.0 Å².